The summed E-state index contributed by atoms with van der Waals surface area (Å²) in [5.74, 6) is 0. The van der Waals surface area contributed by atoms with Crippen molar-refractivity contribution in [2.24, 2.45) is 0 Å². The van der Waals surface area contributed by atoms with Gasteiger partial charge in [0.25, 0.3) is 0 Å². The molecule has 58 valence electrons. The topological polar surface area (TPSA) is 38.7 Å². The molecule has 10 heavy (non-hydrogen) atoms. The molecule has 1 aliphatic rings. The van der Waals surface area contributed by atoms with Crippen LogP contribution in [0.2, 0.25) is 0 Å². The SMILES string of the molecule is CC1(C)OCOCC1=CO. The molecule has 1 heterocycles. The summed E-state index contributed by atoms with van der Waals surface area (Å²) in [5.41, 5.74) is 0.409. The highest BCUT2D eigenvalue weighted by molar-refractivity contribution is 5.13. The number of ether oxygens (including phenoxy) is 2. The van der Waals surface area contributed by atoms with E-state index in [-0.39, 0.29) is 5.60 Å². The van der Waals surface area contributed by atoms with Crippen molar-refractivity contribution in [2.45, 2.75) is 19.4 Å². The van der Waals surface area contributed by atoms with Gasteiger partial charge in [-0.25, -0.2) is 0 Å². The van der Waals surface area contributed by atoms with E-state index in [9.17, 15) is 0 Å². The van der Waals surface area contributed by atoms with Gasteiger partial charge in [0.15, 0.2) is 0 Å². The van der Waals surface area contributed by atoms with Crippen LogP contribution in [0.1, 0.15) is 13.8 Å². The lowest BCUT2D eigenvalue weighted by molar-refractivity contribution is -0.145. The molecule has 0 bridgehead atoms. The number of rotatable bonds is 0. The zero-order chi connectivity index (χ0) is 7.61. The number of aliphatic hydroxyl groups excluding tert-OH is 1. The molecular weight excluding hydrogens is 132 g/mol. The molecule has 1 N–H and O–H groups in total. The standard InChI is InChI=1S/C7H12O3/c1-7(2)6(3-8)4-9-5-10-7/h3,8H,4-5H2,1-2H3. The maximum atomic E-state index is 8.70. The van der Waals surface area contributed by atoms with Crippen LogP contribution in [0, 0.1) is 0 Å². The minimum Gasteiger partial charge on any atom is -0.515 e. The molecule has 1 aliphatic heterocycles. The third-order valence-electron chi connectivity index (χ3n) is 1.69. The fourth-order valence-corrected chi connectivity index (χ4v) is 0.800. The Bertz CT molecular complexity index is 149. The van der Waals surface area contributed by atoms with E-state index in [1.807, 2.05) is 13.8 Å². The van der Waals surface area contributed by atoms with Crippen molar-refractivity contribution < 1.29 is 14.6 Å². The van der Waals surface area contributed by atoms with Crippen LogP contribution in [-0.4, -0.2) is 24.1 Å². The monoisotopic (exact) mass is 144 g/mol. The zero-order valence-electron chi connectivity index (χ0n) is 6.26. The van der Waals surface area contributed by atoms with E-state index in [1.54, 1.807) is 0 Å². The van der Waals surface area contributed by atoms with Crippen LogP contribution in [-0.2, 0) is 9.47 Å². The van der Waals surface area contributed by atoms with Crippen LogP contribution in [0.3, 0.4) is 0 Å². The molecule has 1 fully saturated rings. The molecule has 1 saturated heterocycles. The van der Waals surface area contributed by atoms with E-state index in [0.29, 0.717) is 13.4 Å². The summed E-state index contributed by atoms with van der Waals surface area (Å²) in [6, 6.07) is 0. The maximum absolute atomic E-state index is 8.70. The molecule has 0 aromatic rings. The molecule has 0 spiro atoms. The summed E-state index contributed by atoms with van der Waals surface area (Å²) in [6.45, 7) is 4.57. The first-order valence-electron chi connectivity index (χ1n) is 3.22. The van der Waals surface area contributed by atoms with Gasteiger partial charge >= 0.3 is 0 Å². The first-order chi connectivity index (χ1) is 4.67. The predicted octanol–water partition coefficient (Wildman–Crippen LogP) is 1.21. The van der Waals surface area contributed by atoms with Gasteiger partial charge in [0.1, 0.15) is 6.79 Å². The summed E-state index contributed by atoms with van der Waals surface area (Å²) >= 11 is 0. The van der Waals surface area contributed by atoms with Crippen molar-refractivity contribution in [3.8, 4) is 0 Å². The Morgan fingerprint density at radius 3 is 2.70 bits per heavy atom. The molecule has 3 heteroatoms. The average molecular weight is 144 g/mol. The van der Waals surface area contributed by atoms with Crippen LogP contribution in [0.15, 0.2) is 11.8 Å². The fraction of sp³-hybridized carbons (Fsp3) is 0.714. The van der Waals surface area contributed by atoms with E-state index in [0.717, 1.165) is 11.8 Å². The molecule has 0 aromatic heterocycles. The quantitative estimate of drug-likeness (QED) is 0.519. The molecule has 0 saturated carbocycles. The van der Waals surface area contributed by atoms with Gasteiger partial charge in [-0.1, -0.05) is 0 Å². The molecule has 1 rings (SSSR count). The van der Waals surface area contributed by atoms with E-state index in [1.165, 1.54) is 0 Å². The zero-order valence-corrected chi connectivity index (χ0v) is 6.26. The Labute approximate surface area is 60.3 Å². The van der Waals surface area contributed by atoms with E-state index < -0.39 is 0 Å². The van der Waals surface area contributed by atoms with E-state index in [4.69, 9.17) is 14.6 Å². The number of hydrogen-bond donors (Lipinski definition) is 1. The third-order valence-corrected chi connectivity index (χ3v) is 1.69. The Morgan fingerprint density at radius 2 is 2.30 bits per heavy atom. The Morgan fingerprint density at radius 1 is 1.60 bits per heavy atom. The lowest BCUT2D eigenvalue weighted by Gasteiger charge is -2.31. The normalized spacial score (nSPS) is 28.8. The molecule has 0 radical (unpaired) electrons. The van der Waals surface area contributed by atoms with Crippen LogP contribution >= 0.6 is 0 Å². The first kappa shape index (κ1) is 7.57. The van der Waals surface area contributed by atoms with Crippen molar-refractivity contribution in [3.05, 3.63) is 11.8 Å². The Hall–Kier alpha value is -0.540. The summed E-state index contributed by atoms with van der Waals surface area (Å²) in [4.78, 5) is 0. The van der Waals surface area contributed by atoms with Gasteiger partial charge < -0.3 is 14.6 Å². The lowest BCUT2D eigenvalue weighted by Crippen LogP contribution is -2.35. The highest BCUT2D eigenvalue weighted by Gasteiger charge is 2.28. The smallest absolute Gasteiger partial charge is 0.148 e. The van der Waals surface area contributed by atoms with Crippen LogP contribution < -0.4 is 0 Å². The van der Waals surface area contributed by atoms with Gasteiger partial charge in [-0.2, -0.15) is 0 Å². The molecule has 0 amide bonds. The largest absolute Gasteiger partial charge is 0.515 e. The van der Waals surface area contributed by atoms with Crippen molar-refractivity contribution in [2.75, 3.05) is 13.4 Å². The van der Waals surface area contributed by atoms with Gasteiger partial charge in [-0.05, 0) is 13.8 Å². The van der Waals surface area contributed by atoms with E-state index >= 15 is 0 Å². The van der Waals surface area contributed by atoms with Gasteiger partial charge in [0, 0.05) is 5.57 Å². The minimum atomic E-state index is -0.368. The summed E-state index contributed by atoms with van der Waals surface area (Å²) in [7, 11) is 0. The van der Waals surface area contributed by atoms with Gasteiger partial charge in [-0.15, -0.1) is 0 Å². The lowest BCUT2D eigenvalue weighted by atomic mass is 9.99. The molecule has 0 unspecified atom stereocenters. The molecule has 0 atom stereocenters. The van der Waals surface area contributed by atoms with Gasteiger partial charge in [-0.3, -0.25) is 0 Å². The van der Waals surface area contributed by atoms with Gasteiger partial charge in [0.05, 0.1) is 18.5 Å². The highest BCUT2D eigenvalue weighted by Crippen LogP contribution is 2.23. The first-order valence-corrected chi connectivity index (χ1v) is 3.22. The second-order valence-corrected chi connectivity index (χ2v) is 2.78. The average Bonchev–Trinajstić information content (AvgIpc) is 1.87. The van der Waals surface area contributed by atoms with E-state index in [2.05, 4.69) is 0 Å². The number of aliphatic hydroxyl groups is 1. The Balaban J connectivity index is 2.70. The van der Waals surface area contributed by atoms with Crippen molar-refractivity contribution in [1.29, 1.82) is 0 Å². The highest BCUT2D eigenvalue weighted by atomic mass is 16.7. The summed E-state index contributed by atoms with van der Waals surface area (Å²) in [5, 5.41) is 8.70. The van der Waals surface area contributed by atoms with Crippen molar-refractivity contribution >= 4 is 0 Å². The second-order valence-electron chi connectivity index (χ2n) is 2.78. The fourth-order valence-electron chi connectivity index (χ4n) is 0.800. The summed E-state index contributed by atoms with van der Waals surface area (Å²) < 4.78 is 10.2. The minimum absolute atomic E-state index is 0.310. The second kappa shape index (κ2) is 2.60. The summed E-state index contributed by atoms with van der Waals surface area (Å²) in [6.07, 6.45) is 1.05. The molecule has 0 aliphatic carbocycles. The van der Waals surface area contributed by atoms with Gasteiger partial charge in [0.2, 0.25) is 0 Å². The van der Waals surface area contributed by atoms with Crippen molar-refractivity contribution in [1.82, 2.24) is 0 Å². The maximum Gasteiger partial charge on any atom is 0.148 e. The van der Waals surface area contributed by atoms with Crippen LogP contribution in [0.25, 0.3) is 0 Å². The van der Waals surface area contributed by atoms with Crippen molar-refractivity contribution in [3.63, 3.8) is 0 Å². The van der Waals surface area contributed by atoms with Crippen LogP contribution in [0.5, 0.6) is 0 Å². The third kappa shape index (κ3) is 1.30. The Kier molecular flexibility index (Phi) is 1.97. The molecular formula is C7H12O3. The van der Waals surface area contributed by atoms with Crippen LogP contribution in [0.4, 0.5) is 0 Å². The number of hydrogen-bond acceptors (Lipinski definition) is 3. The molecule has 0 aromatic carbocycles. The predicted molar refractivity (Wildman–Crippen MR) is 36.7 cm³/mol. The molecule has 3 nitrogen and oxygen atoms in total.